The molecular formula is C10H8O3S. The molecule has 0 saturated heterocycles. The van der Waals surface area contributed by atoms with E-state index in [0.717, 1.165) is 0 Å². The summed E-state index contributed by atoms with van der Waals surface area (Å²) in [6.07, 6.45) is 2.82. The fraction of sp³-hybridized carbons (Fsp3) is 0.100. The Kier molecular flexibility index (Phi) is 2.45. The Balaban J connectivity index is 2.18. The van der Waals surface area contributed by atoms with Crippen molar-refractivity contribution in [3.05, 3.63) is 42.5 Å². The Bertz CT molecular complexity index is 397. The molecule has 3 nitrogen and oxygen atoms in total. The van der Waals surface area contributed by atoms with Crippen molar-refractivity contribution in [1.82, 2.24) is 0 Å². The van der Waals surface area contributed by atoms with Crippen molar-refractivity contribution in [2.45, 2.75) is 10.3 Å². The maximum atomic E-state index is 11.8. The summed E-state index contributed by atoms with van der Waals surface area (Å²) in [4.78, 5) is 11.4. The smallest absolute Gasteiger partial charge is 0.332 e. The highest BCUT2D eigenvalue weighted by molar-refractivity contribution is 7.85. The van der Waals surface area contributed by atoms with Gasteiger partial charge in [-0.15, -0.1) is 0 Å². The van der Waals surface area contributed by atoms with E-state index in [2.05, 4.69) is 0 Å². The third-order valence-electron chi connectivity index (χ3n) is 1.81. The van der Waals surface area contributed by atoms with E-state index in [-0.39, 0.29) is 0 Å². The van der Waals surface area contributed by atoms with Crippen molar-refractivity contribution < 1.29 is 13.7 Å². The number of benzene rings is 1. The normalized spacial score (nSPS) is 22.0. The van der Waals surface area contributed by atoms with Crippen LogP contribution in [0, 0.1) is 0 Å². The van der Waals surface area contributed by atoms with E-state index in [9.17, 15) is 9.00 Å². The minimum atomic E-state index is -1.31. The summed E-state index contributed by atoms with van der Waals surface area (Å²) in [6.45, 7) is 0. The summed E-state index contributed by atoms with van der Waals surface area (Å²) in [6, 6.07) is 8.94. The van der Waals surface area contributed by atoms with Crippen LogP contribution < -0.4 is 0 Å². The van der Waals surface area contributed by atoms with Crippen molar-refractivity contribution in [1.29, 1.82) is 0 Å². The summed E-state index contributed by atoms with van der Waals surface area (Å²) in [5, 5.41) is 0. The third-order valence-corrected chi connectivity index (χ3v) is 3.22. The van der Waals surface area contributed by atoms with Crippen molar-refractivity contribution in [2.75, 3.05) is 0 Å². The zero-order valence-corrected chi connectivity index (χ0v) is 8.07. The van der Waals surface area contributed by atoms with Crippen molar-refractivity contribution in [3.63, 3.8) is 0 Å². The van der Waals surface area contributed by atoms with E-state index in [0.29, 0.717) is 4.90 Å². The van der Waals surface area contributed by atoms with Gasteiger partial charge in [-0.3, -0.25) is 4.21 Å². The molecule has 0 saturated carbocycles. The van der Waals surface area contributed by atoms with Gasteiger partial charge in [0, 0.05) is 11.0 Å². The number of cyclic esters (lactones) is 1. The second kappa shape index (κ2) is 3.75. The summed E-state index contributed by atoms with van der Waals surface area (Å²) in [5.41, 5.74) is -0.634. The Morgan fingerprint density at radius 1 is 1.21 bits per heavy atom. The maximum absolute atomic E-state index is 11.8. The number of ether oxygens (including phenoxy) is 1. The van der Waals surface area contributed by atoms with Crippen LogP contribution in [-0.4, -0.2) is 15.6 Å². The molecule has 0 amide bonds. The largest absolute Gasteiger partial charge is 0.441 e. The maximum Gasteiger partial charge on any atom is 0.332 e. The first-order valence-electron chi connectivity index (χ1n) is 4.12. The predicted octanol–water partition coefficient (Wildman–Crippen LogP) is 1.23. The highest BCUT2D eigenvalue weighted by Crippen LogP contribution is 2.16. The third kappa shape index (κ3) is 1.75. The van der Waals surface area contributed by atoms with Gasteiger partial charge in [0.05, 0.1) is 10.8 Å². The molecular weight excluding hydrogens is 200 g/mol. The van der Waals surface area contributed by atoms with Gasteiger partial charge in [-0.05, 0) is 18.2 Å². The van der Waals surface area contributed by atoms with Gasteiger partial charge in [0.2, 0.25) is 0 Å². The van der Waals surface area contributed by atoms with E-state index in [4.69, 9.17) is 4.74 Å². The van der Waals surface area contributed by atoms with Gasteiger partial charge < -0.3 is 4.74 Å². The standard InChI is InChI=1S/C10H8O3S/c11-9-6-7-10(13-9)14(12)8-4-2-1-3-5-8/h1-7,10H. The quantitative estimate of drug-likeness (QED) is 0.687. The minimum Gasteiger partial charge on any atom is -0.441 e. The van der Waals surface area contributed by atoms with Crippen LogP contribution in [0.3, 0.4) is 0 Å². The molecule has 0 fully saturated rings. The molecule has 1 aromatic carbocycles. The number of esters is 1. The molecule has 4 heteroatoms. The van der Waals surface area contributed by atoms with Crippen LogP contribution in [0.1, 0.15) is 0 Å². The van der Waals surface area contributed by atoms with Gasteiger partial charge in [-0.25, -0.2) is 4.79 Å². The first kappa shape index (κ1) is 9.15. The second-order valence-corrected chi connectivity index (χ2v) is 4.31. The Hall–Kier alpha value is -1.42. The predicted molar refractivity (Wildman–Crippen MR) is 51.9 cm³/mol. The van der Waals surface area contributed by atoms with Crippen LogP contribution in [0.5, 0.6) is 0 Å². The first-order valence-corrected chi connectivity index (χ1v) is 5.33. The van der Waals surface area contributed by atoms with Crippen LogP contribution in [-0.2, 0) is 20.3 Å². The molecule has 14 heavy (non-hydrogen) atoms. The van der Waals surface area contributed by atoms with Gasteiger partial charge in [0.25, 0.3) is 0 Å². The van der Waals surface area contributed by atoms with E-state index >= 15 is 0 Å². The molecule has 0 bridgehead atoms. The SMILES string of the molecule is O=C1C=CC(S(=O)c2ccccc2)O1. The Morgan fingerprint density at radius 3 is 2.50 bits per heavy atom. The molecule has 2 atom stereocenters. The molecule has 0 radical (unpaired) electrons. The number of hydrogen-bond acceptors (Lipinski definition) is 3. The molecule has 0 aliphatic carbocycles. The van der Waals surface area contributed by atoms with Gasteiger partial charge in [0.1, 0.15) is 0 Å². The fourth-order valence-corrected chi connectivity index (χ4v) is 2.25. The van der Waals surface area contributed by atoms with Crippen molar-refractivity contribution >= 4 is 16.8 Å². The molecule has 1 heterocycles. The molecule has 0 N–H and O–H groups in total. The summed E-state index contributed by atoms with van der Waals surface area (Å²) in [5.74, 6) is -0.431. The lowest BCUT2D eigenvalue weighted by molar-refractivity contribution is -0.136. The minimum absolute atomic E-state index is 0.431. The van der Waals surface area contributed by atoms with Crippen molar-refractivity contribution in [2.24, 2.45) is 0 Å². The van der Waals surface area contributed by atoms with Crippen molar-refractivity contribution in [3.8, 4) is 0 Å². The lowest BCUT2D eigenvalue weighted by Crippen LogP contribution is -2.14. The van der Waals surface area contributed by atoms with E-state index in [1.54, 1.807) is 24.3 Å². The van der Waals surface area contributed by atoms with E-state index in [1.807, 2.05) is 6.07 Å². The van der Waals surface area contributed by atoms with Gasteiger partial charge in [-0.1, -0.05) is 18.2 Å². The fourth-order valence-electron chi connectivity index (χ4n) is 1.15. The van der Waals surface area contributed by atoms with Crippen LogP contribution in [0.25, 0.3) is 0 Å². The van der Waals surface area contributed by atoms with Gasteiger partial charge in [0.15, 0.2) is 5.44 Å². The van der Waals surface area contributed by atoms with Gasteiger partial charge in [-0.2, -0.15) is 0 Å². The average Bonchev–Trinajstić information content (AvgIpc) is 2.65. The second-order valence-electron chi connectivity index (χ2n) is 2.77. The van der Waals surface area contributed by atoms with E-state index < -0.39 is 22.2 Å². The van der Waals surface area contributed by atoms with Gasteiger partial charge >= 0.3 is 5.97 Å². The molecule has 1 aliphatic rings. The lowest BCUT2D eigenvalue weighted by Gasteiger charge is -2.07. The van der Waals surface area contributed by atoms with Crippen LogP contribution in [0.2, 0.25) is 0 Å². The van der Waals surface area contributed by atoms with Crippen LogP contribution in [0.15, 0.2) is 47.4 Å². The first-order chi connectivity index (χ1) is 6.77. The molecule has 0 aromatic heterocycles. The number of carbonyl (C=O) groups excluding carboxylic acids is 1. The van der Waals surface area contributed by atoms with Crippen LogP contribution >= 0.6 is 0 Å². The molecule has 0 spiro atoms. The average molecular weight is 208 g/mol. The zero-order valence-electron chi connectivity index (χ0n) is 7.25. The summed E-state index contributed by atoms with van der Waals surface area (Å²) < 4.78 is 16.6. The molecule has 2 unspecified atom stereocenters. The Labute approximate surface area is 83.8 Å². The number of carbonyl (C=O) groups is 1. The molecule has 1 aliphatic heterocycles. The molecule has 2 rings (SSSR count). The summed E-state index contributed by atoms with van der Waals surface area (Å²) >= 11 is 0. The number of hydrogen-bond donors (Lipinski definition) is 0. The molecule has 1 aromatic rings. The summed E-state index contributed by atoms with van der Waals surface area (Å²) in [7, 11) is -1.31. The zero-order chi connectivity index (χ0) is 9.97. The highest BCUT2D eigenvalue weighted by Gasteiger charge is 2.23. The number of rotatable bonds is 2. The lowest BCUT2D eigenvalue weighted by atomic mass is 10.4. The molecule has 72 valence electrons. The monoisotopic (exact) mass is 208 g/mol. The van der Waals surface area contributed by atoms with E-state index in [1.165, 1.54) is 12.2 Å². The van der Waals surface area contributed by atoms with Crippen LogP contribution in [0.4, 0.5) is 0 Å². The Morgan fingerprint density at radius 2 is 1.93 bits per heavy atom. The highest BCUT2D eigenvalue weighted by atomic mass is 32.2. The topological polar surface area (TPSA) is 43.4 Å².